The Morgan fingerprint density at radius 3 is 2.68 bits per heavy atom. The van der Waals surface area contributed by atoms with Crippen LogP contribution in [0.1, 0.15) is 39.5 Å². The standard InChI is InChI=1S/C14H26N2O3/c1-11(2)9-12-14(18)16(10-13(17)15-12)7-5-4-6-8-19-3/h11-12H,4-10H2,1-3H3,(H,15,17). The maximum Gasteiger partial charge on any atom is 0.245 e. The number of carbonyl (C=O) groups is 2. The van der Waals surface area contributed by atoms with Gasteiger partial charge in [-0.3, -0.25) is 9.59 Å². The first-order valence-corrected chi connectivity index (χ1v) is 7.11. The molecule has 1 heterocycles. The Kier molecular flexibility index (Phi) is 6.84. The first-order valence-electron chi connectivity index (χ1n) is 7.11. The SMILES string of the molecule is COCCCCCN1CC(=O)NC(CC(C)C)C1=O. The highest BCUT2D eigenvalue weighted by Crippen LogP contribution is 2.12. The minimum Gasteiger partial charge on any atom is -0.385 e. The van der Waals surface area contributed by atoms with Crippen molar-refractivity contribution < 1.29 is 14.3 Å². The van der Waals surface area contributed by atoms with Crippen LogP contribution in [0.2, 0.25) is 0 Å². The molecule has 1 aliphatic heterocycles. The monoisotopic (exact) mass is 270 g/mol. The number of nitrogens with one attached hydrogen (secondary N) is 1. The number of hydrogen-bond acceptors (Lipinski definition) is 3. The molecule has 2 amide bonds. The summed E-state index contributed by atoms with van der Waals surface area (Å²) in [5.74, 6) is 0.429. The van der Waals surface area contributed by atoms with Gasteiger partial charge in [0.05, 0.1) is 6.54 Å². The van der Waals surface area contributed by atoms with Crippen LogP contribution in [-0.4, -0.2) is 49.6 Å². The van der Waals surface area contributed by atoms with Crippen LogP contribution in [0.3, 0.4) is 0 Å². The van der Waals surface area contributed by atoms with Gasteiger partial charge in [-0.1, -0.05) is 13.8 Å². The summed E-state index contributed by atoms with van der Waals surface area (Å²) in [5, 5.41) is 2.79. The molecule has 0 aromatic rings. The number of rotatable bonds is 8. The van der Waals surface area contributed by atoms with Crippen LogP contribution in [0, 0.1) is 5.92 Å². The zero-order chi connectivity index (χ0) is 14.3. The highest BCUT2D eigenvalue weighted by Gasteiger charge is 2.32. The first kappa shape index (κ1) is 16.0. The van der Waals surface area contributed by atoms with Crippen molar-refractivity contribution in [2.75, 3.05) is 26.8 Å². The number of methoxy groups -OCH3 is 1. The fraction of sp³-hybridized carbons (Fsp3) is 0.857. The summed E-state index contributed by atoms with van der Waals surface area (Å²) >= 11 is 0. The molecule has 1 N–H and O–H groups in total. The van der Waals surface area contributed by atoms with E-state index in [0.29, 0.717) is 18.9 Å². The topological polar surface area (TPSA) is 58.6 Å². The van der Waals surface area contributed by atoms with E-state index in [1.165, 1.54) is 0 Å². The van der Waals surface area contributed by atoms with E-state index in [9.17, 15) is 9.59 Å². The number of hydrogen-bond donors (Lipinski definition) is 1. The summed E-state index contributed by atoms with van der Waals surface area (Å²) in [5.41, 5.74) is 0. The van der Waals surface area contributed by atoms with Crippen molar-refractivity contribution in [3.8, 4) is 0 Å². The molecular formula is C14H26N2O3. The number of ether oxygens (including phenoxy) is 1. The third kappa shape index (κ3) is 5.59. The summed E-state index contributed by atoms with van der Waals surface area (Å²) in [6, 6.07) is -0.333. The molecule has 0 saturated carbocycles. The van der Waals surface area contributed by atoms with Crippen LogP contribution >= 0.6 is 0 Å². The van der Waals surface area contributed by atoms with Crippen molar-refractivity contribution in [2.24, 2.45) is 5.92 Å². The molecule has 1 atom stereocenters. The smallest absolute Gasteiger partial charge is 0.245 e. The van der Waals surface area contributed by atoms with Gasteiger partial charge in [0.25, 0.3) is 0 Å². The fourth-order valence-corrected chi connectivity index (χ4v) is 2.32. The molecule has 0 aromatic heterocycles. The third-order valence-electron chi connectivity index (χ3n) is 3.26. The van der Waals surface area contributed by atoms with Gasteiger partial charge in [0.15, 0.2) is 0 Å². The molecule has 5 nitrogen and oxygen atoms in total. The Bertz CT molecular complexity index is 305. The van der Waals surface area contributed by atoms with E-state index >= 15 is 0 Å². The largest absolute Gasteiger partial charge is 0.385 e. The number of piperazine rings is 1. The first-order chi connectivity index (χ1) is 9.04. The van der Waals surface area contributed by atoms with Gasteiger partial charge in [-0.05, 0) is 31.6 Å². The van der Waals surface area contributed by atoms with Crippen molar-refractivity contribution in [2.45, 2.75) is 45.6 Å². The molecule has 1 fully saturated rings. The van der Waals surface area contributed by atoms with Crippen molar-refractivity contribution in [3.05, 3.63) is 0 Å². The van der Waals surface area contributed by atoms with Crippen LogP contribution in [0.5, 0.6) is 0 Å². The molecule has 1 aliphatic rings. The Morgan fingerprint density at radius 1 is 1.32 bits per heavy atom. The molecule has 0 aliphatic carbocycles. The molecule has 1 saturated heterocycles. The lowest BCUT2D eigenvalue weighted by Crippen LogP contribution is -2.58. The second-order valence-electron chi connectivity index (χ2n) is 5.56. The molecule has 1 rings (SSSR count). The maximum absolute atomic E-state index is 12.2. The average Bonchev–Trinajstić information content (AvgIpc) is 2.33. The second-order valence-corrected chi connectivity index (χ2v) is 5.56. The van der Waals surface area contributed by atoms with Gasteiger partial charge in [0.2, 0.25) is 11.8 Å². The average molecular weight is 270 g/mol. The van der Waals surface area contributed by atoms with Crippen LogP contribution in [0.15, 0.2) is 0 Å². The van der Waals surface area contributed by atoms with Crippen molar-refractivity contribution in [1.82, 2.24) is 10.2 Å². The van der Waals surface area contributed by atoms with E-state index in [0.717, 1.165) is 25.9 Å². The minimum absolute atomic E-state index is 0.0397. The number of amides is 2. The van der Waals surface area contributed by atoms with Gasteiger partial charge < -0.3 is 15.0 Å². The van der Waals surface area contributed by atoms with E-state index in [1.54, 1.807) is 12.0 Å². The van der Waals surface area contributed by atoms with E-state index < -0.39 is 0 Å². The van der Waals surface area contributed by atoms with Gasteiger partial charge in [0, 0.05) is 20.3 Å². The van der Waals surface area contributed by atoms with Gasteiger partial charge in [-0.2, -0.15) is 0 Å². The second kappa shape index (κ2) is 8.15. The van der Waals surface area contributed by atoms with Crippen LogP contribution in [0.4, 0.5) is 0 Å². The normalized spacial score (nSPS) is 20.0. The Morgan fingerprint density at radius 2 is 2.05 bits per heavy atom. The van der Waals surface area contributed by atoms with Crippen molar-refractivity contribution >= 4 is 11.8 Å². The summed E-state index contributed by atoms with van der Waals surface area (Å²) in [7, 11) is 1.69. The Labute approximate surface area is 115 Å². The molecule has 0 aromatic carbocycles. The zero-order valence-corrected chi connectivity index (χ0v) is 12.3. The van der Waals surface area contributed by atoms with E-state index in [-0.39, 0.29) is 24.4 Å². The number of nitrogens with zero attached hydrogens (tertiary/aromatic N) is 1. The fourth-order valence-electron chi connectivity index (χ4n) is 2.32. The maximum atomic E-state index is 12.2. The number of carbonyl (C=O) groups excluding carboxylic acids is 2. The lowest BCUT2D eigenvalue weighted by atomic mass is 10.0. The molecule has 0 bridgehead atoms. The van der Waals surface area contributed by atoms with E-state index in [2.05, 4.69) is 19.2 Å². The van der Waals surface area contributed by atoms with Crippen molar-refractivity contribution in [1.29, 1.82) is 0 Å². The van der Waals surface area contributed by atoms with Crippen molar-refractivity contribution in [3.63, 3.8) is 0 Å². The highest BCUT2D eigenvalue weighted by atomic mass is 16.5. The molecule has 19 heavy (non-hydrogen) atoms. The molecule has 5 heteroatoms. The predicted molar refractivity (Wildman–Crippen MR) is 73.7 cm³/mol. The van der Waals surface area contributed by atoms with Gasteiger partial charge in [-0.25, -0.2) is 0 Å². The van der Waals surface area contributed by atoms with Crippen LogP contribution < -0.4 is 5.32 Å². The van der Waals surface area contributed by atoms with E-state index in [4.69, 9.17) is 4.74 Å². The third-order valence-corrected chi connectivity index (χ3v) is 3.26. The minimum atomic E-state index is -0.333. The summed E-state index contributed by atoms with van der Waals surface area (Å²) < 4.78 is 4.99. The van der Waals surface area contributed by atoms with Gasteiger partial charge in [-0.15, -0.1) is 0 Å². The predicted octanol–water partition coefficient (Wildman–Crippen LogP) is 1.18. The molecule has 0 spiro atoms. The molecule has 110 valence electrons. The van der Waals surface area contributed by atoms with Gasteiger partial charge in [0.1, 0.15) is 6.04 Å². The summed E-state index contributed by atoms with van der Waals surface area (Å²) in [6.45, 7) is 5.75. The molecule has 0 radical (unpaired) electrons. The lowest BCUT2D eigenvalue weighted by molar-refractivity contribution is -0.144. The quantitative estimate of drug-likeness (QED) is 0.674. The van der Waals surface area contributed by atoms with Crippen LogP contribution in [-0.2, 0) is 14.3 Å². The van der Waals surface area contributed by atoms with E-state index in [1.807, 2.05) is 0 Å². The van der Waals surface area contributed by atoms with Gasteiger partial charge >= 0.3 is 0 Å². The lowest BCUT2D eigenvalue weighted by Gasteiger charge is -2.33. The summed E-state index contributed by atoms with van der Waals surface area (Å²) in [6.07, 6.45) is 3.66. The summed E-state index contributed by atoms with van der Waals surface area (Å²) in [4.78, 5) is 25.5. The molecular weight excluding hydrogens is 244 g/mol. The van der Waals surface area contributed by atoms with Crippen LogP contribution in [0.25, 0.3) is 0 Å². The highest BCUT2D eigenvalue weighted by molar-refractivity contribution is 5.94. The Balaban J connectivity index is 2.39. The molecule has 1 unspecified atom stereocenters. The number of unbranched alkanes of at least 4 members (excludes halogenated alkanes) is 2. The Hall–Kier alpha value is -1.10. The zero-order valence-electron chi connectivity index (χ0n) is 12.3.